The molecule has 0 atom stereocenters. The van der Waals surface area contributed by atoms with Crippen LogP contribution in [-0.4, -0.2) is 15.1 Å². The molecular weight excluding hydrogens is 173 g/mol. The summed E-state index contributed by atoms with van der Waals surface area (Å²) in [6.07, 6.45) is -2.99. The standard InChI is InChI=1S/C6H5F3N2O/c7-6(8,9)5-2-10-4(3-12)1-11-5/h1-2,12H,3H2. The average molecular weight is 178 g/mol. The Morgan fingerprint density at radius 3 is 2.25 bits per heavy atom. The van der Waals surface area contributed by atoms with Gasteiger partial charge in [0.2, 0.25) is 0 Å². The van der Waals surface area contributed by atoms with Crippen molar-refractivity contribution < 1.29 is 18.3 Å². The van der Waals surface area contributed by atoms with Crippen LogP contribution in [0.3, 0.4) is 0 Å². The molecule has 12 heavy (non-hydrogen) atoms. The molecule has 1 heterocycles. The number of aliphatic hydroxyl groups is 1. The highest BCUT2D eigenvalue weighted by Crippen LogP contribution is 2.26. The normalized spacial score (nSPS) is 11.7. The Balaban J connectivity index is 2.93. The van der Waals surface area contributed by atoms with E-state index >= 15 is 0 Å². The second-order valence-corrected chi connectivity index (χ2v) is 2.05. The SMILES string of the molecule is OCc1cnc(C(F)(F)F)cn1. The quantitative estimate of drug-likeness (QED) is 0.697. The molecule has 66 valence electrons. The Hall–Kier alpha value is -1.17. The van der Waals surface area contributed by atoms with Crippen LogP contribution in [0.5, 0.6) is 0 Å². The fraction of sp³-hybridized carbons (Fsp3) is 0.333. The molecule has 0 fully saturated rings. The lowest BCUT2D eigenvalue weighted by Crippen LogP contribution is -2.09. The van der Waals surface area contributed by atoms with Crippen LogP contribution in [0.1, 0.15) is 11.4 Å². The second kappa shape index (κ2) is 3.06. The van der Waals surface area contributed by atoms with Crippen molar-refractivity contribution in [2.45, 2.75) is 12.8 Å². The van der Waals surface area contributed by atoms with Crippen LogP contribution < -0.4 is 0 Å². The molecule has 0 aliphatic heterocycles. The van der Waals surface area contributed by atoms with Crippen LogP contribution in [0.25, 0.3) is 0 Å². The zero-order valence-electron chi connectivity index (χ0n) is 5.84. The fourth-order valence-corrected chi connectivity index (χ4v) is 0.583. The number of nitrogens with zero attached hydrogens (tertiary/aromatic N) is 2. The highest BCUT2D eigenvalue weighted by Gasteiger charge is 2.32. The van der Waals surface area contributed by atoms with E-state index in [2.05, 4.69) is 9.97 Å². The lowest BCUT2D eigenvalue weighted by Gasteiger charge is -2.03. The number of hydrogen-bond acceptors (Lipinski definition) is 3. The van der Waals surface area contributed by atoms with Gasteiger partial charge in [0, 0.05) is 0 Å². The molecule has 0 saturated heterocycles. The molecule has 1 aromatic rings. The van der Waals surface area contributed by atoms with Crippen LogP contribution in [0, 0.1) is 0 Å². The minimum absolute atomic E-state index is 0.114. The predicted molar refractivity (Wildman–Crippen MR) is 33.0 cm³/mol. The number of aromatic nitrogens is 2. The van der Waals surface area contributed by atoms with Crippen LogP contribution >= 0.6 is 0 Å². The van der Waals surface area contributed by atoms with E-state index in [-0.39, 0.29) is 5.69 Å². The first-order valence-corrected chi connectivity index (χ1v) is 3.03. The van der Waals surface area contributed by atoms with E-state index in [9.17, 15) is 13.2 Å². The highest BCUT2D eigenvalue weighted by atomic mass is 19.4. The maximum absolute atomic E-state index is 11.9. The van der Waals surface area contributed by atoms with Crippen molar-refractivity contribution in [3.63, 3.8) is 0 Å². The smallest absolute Gasteiger partial charge is 0.390 e. The lowest BCUT2D eigenvalue weighted by atomic mass is 10.4. The Labute approximate surface area is 65.9 Å². The molecule has 0 aliphatic rings. The summed E-state index contributed by atoms with van der Waals surface area (Å²) in [4.78, 5) is 6.40. The first-order valence-electron chi connectivity index (χ1n) is 3.03. The van der Waals surface area contributed by atoms with Crippen molar-refractivity contribution in [3.8, 4) is 0 Å². The van der Waals surface area contributed by atoms with Crippen molar-refractivity contribution >= 4 is 0 Å². The molecule has 0 saturated carbocycles. The van der Waals surface area contributed by atoms with Gasteiger partial charge in [0.15, 0.2) is 5.69 Å². The third-order valence-electron chi connectivity index (χ3n) is 1.16. The molecule has 1 aromatic heterocycles. The van der Waals surface area contributed by atoms with Gasteiger partial charge >= 0.3 is 6.18 Å². The summed E-state index contributed by atoms with van der Waals surface area (Å²) in [5, 5.41) is 8.45. The van der Waals surface area contributed by atoms with Crippen LogP contribution in [0.15, 0.2) is 12.4 Å². The van der Waals surface area contributed by atoms with E-state index in [4.69, 9.17) is 5.11 Å². The predicted octanol–water partition coefficient (Wildman–Crippen LogP) is 0.988. The maximum atomic E-state index is 11.9. The third-order valence-corrected chi connectivity index (χ3v) is 1.16. The van der Waals surface area contributed by atoms with Crippen molar-refractivity contribution in [1.82, 2.24) is 9.97 Å². The summed E-state index contributed by atoms with van der Waals surface area (Å²) in [5.41, 5.74) is -0.942. The molecule has 1 N–H and O–H groups in total. The summed E-state index contributed by atoms with van der Waals surface area (Å²) in [6.45, 7) is -0.412. The average Bonchev–Trinajstić information content (AvgIpc) is 2.03. The van der Waals surface area contributed by atoms with E-state index in [0.29, 0.717) is 6.20 Å². The molecule has 0 aromatic carbocycles. The topological polar surface area (TPSA) is 46.0 Å². The number of halogens is 3. The lowest BCUT2D eigenvalue weighted by molar-refractivity contribution is -0.141. The van der Waals surface area contributed by atoms with Crippen molar-refractivity contribution in [1.29, 1.82) is 0 Å². The van der Waals surface area contributed by atoms with Crippen molar-refractivity contribution in [3.05, 3.63) is 23.8 Å². The summed E-state index contributed by atoms with van der Waals surface area (Å²) in [5.74, 6) is 0. The minimum Gasteiger partial charge on any atom is -0.390 e. The molecule has 0 bridgehead atoms. The number of rotatable bonds is 1. The number of alkyl halides is 3. The molecule has 3 nitrogen and oxygen atoms in total. The van der Waals surface area contributed by atoms with E-state index in [1.165, 1.54) is 0 Å². The van der Waals surface area contributed by atoms with Gasteiger partial charge in [-0.25, -0.2) is 4.98 Å². The van der Waals surface area contributed by atoms with E-state index in [1.54, 1.807) is 0 Å². The Bertz CT molecular complexity index is 256. The van der Waals surface area contributed by atoms with Gasteiger partial charge in [-0.3, -0.25) is 4.98 Å². The van der Waals surface area contributed by atoms with Crippen molar-refractivity contribution in [2.24, 2.45) is 0 Å². The summed E-state index contributed by atoms with van der Waals surface area (Å²) in [7, 11) is 0. The van der Waals surface area contributed by atoms with Crippen LogP contribution in [-0.2, 0) is 12.8 Å². The molecule has 1 rings (SSSR count). The summed E-state index contributed by atoms with van der Waals surface area (Å²) in [6, 6.07) is 0. The summed E-state index contributed by atoms with van der Waals surface area (Å²) < 4.78 is 35.6. The first kappa shape index (κ1) is 8.92. The molecule has 0 unspecified atom stereocenters. The van der Waals surface area contributed by atoms with Gasteiger partial charge in [0.1, 0.15) is 0 Å². The first-order chi connectivity index (χ1) is 5.54. The van der Waals surface area contributed by atoms with Crippen LogP contribution in [0.4, 0.5) is 13.2 Å². The molecule has 6 heteroatoms. The third kappa shape index (κ3) is 1.91. The fourth-order valence-electron chi connectivity index (χ4n) is 0.583. The van der Waals surface area contributed by atoms with Gasteiger partial charge in [-0.2, -0.15) is 13.2 Å². The van der Waals surface area contributed by atoms with Gasteiger partial charge in [-0.1, -0.05) is 0 Å². The zero-order chi connectivity index (χ0) is 9.19. The summed E-state index contributed by atoms with van der Waals surface area (Å²) >= 11 is 0. The molecule has 0 amide bonds. The second-order valence-electron chi connectivity index (χ2n) is 2.05. The molecular formula is C6H5F3N2O. The Morgan fingerprint density at radius 2 is 1.92 bits per heavy atom. The van der Waals surface area contributed by atoms with Gasteiger partial charge < -0.3 is 5.11 Å². The molecule has 0 spiro atoms. The van der Waals surface area contributed by atoms with Gasteiger partial charge in [-0.05, 0) is 0 Å². The molecule has 0 aliphatic carbocycles. The van der Waals surface area contributed by atoms with Gasteiger partial charge in [-0.15, -0.1) is 0 Å². The Kier molecular flexibility index (Phi) is 2.27. The Morgan fingerprint density at radius 1 is 1.25 bits per heavy atom. The highest BCUT2D eigenvalue weighted by molar-refractivity contribution is 5.04. The number of hydrogen-bond donors (Lipinski definition) is 1. The maximum Gasteiger partial charge on any atom is 0.434 e. The van der Waals surface area contributed by atoms with E-state index in [0.717, 1.165) is 6.20 Å². The van der Waals surface area contributed by atoms with E-state index < -0.39 is 18.5 Å². The molecule has 0 radical (unpaired) electrons. The van der Waals surface area contributed by atoms with E-state index in [1.807, 2.05) is 0 Å². The van der Waals surface area contributed by atoms with Crippen LogP contribution in [0.2, 0.25) is 0 Å². The van der Waals surface area contributed by atoms with Crippen molar-refractivity contribution in [2.75, 3.05) is 0 Å². The van der Waals surface area contributed by atoms with Gasteiger partial charge in [0.05, 0.1) is 24.7 Å². The number of aliphatic hydroxyl groups excluding tert-OH is 1. The van der Waals surface area contributed by atoms with Gasteiger partial charge in [0.25, 0.3) is 0 Å². The zero-order valence-corrected chi connectivity index (χ0v) is 5.84. The largest absolute Gasteiger partial charge is 0.434 e. The monoisotopic (exact) mass is 178 g/mol. The minimum atomic E-state index is -4.47.